The maximum absolute atomic E-state index is 11.8. The molecule has 0 unspecified atom stereocenters. The van der Waals surface area contributed by atoms with Gasteiger partial charge in [-0.05, 0) is 0 Å². The SMILES string of the molecule is CN(CC(=O)O)C(=O)N(C)Cc1cnn(C)c1. The number of aryl methyl sites for hydroxylation is 1. The molecule has 2 amide bonds. The minimum Gasteiger partial charge on any atom is -0.480 e. The average molecular weight is 240 g/mol. The minimum absolute atomic E-state index is 0.309. The second-order valence-electron chi connectivity index (χ2n) is 3.91. The Morgan fingerprint density at radius 1 is 1.41 bits per heavy atom. The molecule has 1 heterocycles. The van der Waals surface area contributed by atoms with Crippen molar-refractivity contribution in [3.8, 4) is 0 Å². The summed E-state index contributed by atoms with van der Waals surface area (Å²) in [5, 5.41) is 12.6. The molecule has 7 nitrogen and oxygen atoms in total. The van der Waals surface area contributed by atoms with Crippen LogP contribution in [0.3, 0.4) is 0 Å². The Kier molecular flexibility index (Phi) is 4.08. The summed E-state index contributed by atoms with van der Waals surface area (Å²) in [6, 6.07) is -0.337. The van der Waals surface area contributed by atoms with E-state index in [1.807, 2.05) is 0 Å². The van der Waals surface area contributed by atoms with Gasteiger partial charge in [0.2, 0.25) is 0 Å². The molecule has 0 fully saturated rings. The first-order valence-corrected chi connectivity index (χ1v) is 5.05. The Labute approximate surface area is 99.2 Å². The maximum Gasteiger partial charge on any atom is 0.323 e. The zero-order valence-corrected chi connectivity index (χ0v) is 10.1. The monoisotopic (exact) mass is 240 g/mol. The number of rotatable bonds is 4. The summed E-state index contributed by atoms with van der Waals surface area (Å²) >= 11 is 0. The number of likely N-dealkylation sites (N-methyl/N-ethyl adjacent to an activating group) is 1. The minimum atomic E-state index is -1.03. The van der Waals surface area contributed by atoms with Gasteiger partial charge in [-0.25, -0.2) is 4.79 Å². The molecule has 1 rings (SSSR count). The highest BCUT2D eigenvalue weighted by Crippen LogP contribution is 2.03. The van der Waals surface area contributed by atoms with Crippen molar-refractivity contribution in [2.24, 2.45) is 7.05 Å². The lowest BCUT2D eigenvalue weighted by molar-refractivity contribution is -0.137. The van der Waals surface area contributed by atoms with Gasteiger partial charge in [-0.1, -0.05) is 0 Å². The van der Waals surface area contributed by atoms with E-state index in [1.54, 1.807) is 31.2 Å². The van der Waals surface area contributed by atoms with Crippen LogP contribution in [0.25, 0.3) is 0 Å². The topological polar surface area (TPSA) is 78.7 Å². The van der Waals surface area contributed by atoms with Crippen molar-refractivity contribution in [3.63, 3.8) is 0 Å². The Hall–Kier alpha value is -2.05. The molecule has 0 aliphatic rings. The van der Waals surface area contributed by atoms with Crippen molar-refractivity contribution in [2.75, 3.05) is 20.6 Å². The predicted octanol–water partition coefficient (Wildman–Crippen LogP) is -0.0117. The van der Waals surface area contributed by atoms with Crippen LogP contribution in [0.2, 0.25) is 0 Å². The van der Waals surface area contributed by atoms with Gasteiger partial charge in [-0.15, -0.1) is 0 Å². The van der Waals surface area contributed by atoms with Gasteiger partial charge in [0.1, 0.15) is 6.54 Å². The Morgan fingerprint density at radius 3 is 2.53 bits per heavy atom. The van der Waals surface area contributed by atoms with Crippen LogP contribution in [0.5, 0.6) is 0 Å². The van der Waals surface area contributed by atoms with Crippen molar-refractivity contribution in [2.45, 2.75) is 6.54 Å². The summed E-state index contributed by atoms with van der Waals surface area (Å²) in [5.74, 6) is -1.03. The van der Waals surface area contributed by atoms with Crippen LogP contribution in [0.4, 0.5) is 4.79 Å². The van der Waals surface area contributed by atoms with Crippen LogP contribution in [-0.2, 0) is 18.4 Å². The van der Waals surface area contributed by atoms with Crippen molar-refractivity contribution in [3.05, 3.63) is 18.0 Å². The molecular formula is C10H16N4O3. The first-order chi connectivity index (χ1) is 7.90. The number of carboxylic acids is 1. The van der Waals surface area contributed by atoms with Crippen LogP contribution in [-0.4, -0.2) is 57.3 Å². The molecule has 7 heteroatoms. The lowest BCUT2D eigenvalue weighted by atomic mass is 10.3. The fourth-order valence-electron chi connectivity index (χ4n) is 1.46. The first kappa shape index (κ1) is 13.0. The van der Waals surface area contributed by atoms with Gasteiger partial charge in [0.05, 0.1) is 12.7 Å². The van der Waals surface area contributed by atoms with Crippen LogP contribution in [0, 0.1) is 0 Å². The molecule has 0 aliphatic carbocycles. The zero-order valence-electron chi connectivity index (χ0n) is 10.1. The molecule has 1 aromatic rings. The number of carbonyl (C=O) groups is 2. The lowest BCUT2D eigenvalue weighted by Crippen LogP contribution is -2.40. The molecule has 0 atom stereocenters. The standard InChI is InChI=1S/C10H16N4O3/c1-12(5-8-4-11-14(3)6-8)10(17)13(2)7-9(15)16/h4,6H,5,7H2,1-3H3,(H,15,16). The summed E-state index contributed by atoms with van der Waals surface area (Å²) in [6.45, 7) is 0.0901. The first-order valence-electron chi connectivity index (χ1n) is 5.05. The molecule has 0 aliphatic heterocycles. The molecule has 1 aromatic heterocycles. The Bertz CT molecular complexity index is 415. The number of hydrogen-bond acceptors (Lipinski definition) is 3. The normalized spacial score (nSPS) is 10.1. The third kappa shape index (κ3) is 3.78. The highest BCUT2D eigenvalue weighted by Gasteiger charge is 2.16. The zero-order chi connectivity index (χ0) is 13.0. The highest BCUT2D eigenvalue weighted by atomic mass is 16.4. The van der Waals surface area contributed by atoms with E-state index >= 15 is 0 Å². The molecule has 94 valence electrons. The fraction of sp³-hybridized carbons (Fsp3) is 0.500. The van der Waals surface area contributed by atoms with E-state index in [4.69, 9.17) is 5.11 Å². The van der Waals surface area contributed by atoms with E-state index in [1.165, 1.54) is 11.9 Å². The van der Waals surface area contributed by atoms with Gasteiger partial charge in [-0.2, -0.15) is 5.10 Å². The van der Waals surface area contributed by atoms with Crippen LogP contribution in [0.1, 0.15) is 5.56 Å². The summed E-state index contributed by atoms with van der Waals surface area (Å²) in [5.41, 5.74) is 0.895. The number of hydrogen-bond donors (Lipinski definition) is 1. The molecular weight excluding hydrogens is 224 g/mol. The molecule has 0 saturated heterocycles. The van der Waals surface area contributed by atoms with E-state index in [-0.39, 0.29) is 12.6 Å². The van der Waals surface area contributed by atoms with Gasteiger partial charge in [-0.3, -0.25) is 9.48 Å². The number of nitrogens with zero attached hydrogens (tertiary/aromatic N) is 4. The Balaban J connectivity index is 2.55. The van der Waals surface area contributed by atoms with Crippen molar-refractivity contribution in [1.82, 2.24) is 19.6 Å². The summed E-state index contributed by atoms with van der Waals surface area (Å²) < 4.78 is 1.65. The third-order valence-electron chi connectivity index (χ3n) is 2.20. The Morgan fingerprint density at radius 2 is 2.06 bits per heavy atom. The quantitative estimate of drug-likeness (QED) is 0.802. The molecule has 0 spiro atoms. The number of aliphatic carboxylic acids is 1. The molecule has 1 N–H and O–H groups in total. The third-order valence-corrected chi connectivity index (χ3v) is 2.20. The van der Waals surface area contributed by atoms with Gasteiger partial charge >= 0.3 is 12.0 Å². The summed E-state index contributed by atoms with van der Waals surface area (Å²) in [7, 11) is 4.87. The van der Waals surface area contributed by atoms with Crippen LogP contribution < -0.4 is 0 Å². The average Bonchev–Trinajstić information content (AvgIpc) is 2.61. The van der Waals surface area contributed by atoms with Gasteiger partial charge in [0.25, 0.3) is 0 Å². The highest BCUT2D eigenvalue weighted by molar-refractivity contribution is 5.79. The van der Waals surface area contributed by atoms with Gasteiger partial charge < -0.3 is 14.9 Å². The second-order valence-corrected chi connectivity index (χ2v) is 3.91. The number of carboxylic acid groups (broad SMARTS) is 1. The second kappa shape index (κ2) is 5.33. The lowest BCUT2D eigenvalue weighted by Gasteiger charge is -2.23. The van der Waals surface area contributed by atoms with Crippen LogP contribution >= 0.6 is 0 Å². The van der Waals surface area contributed by atoms with E-state index in [0.717, 1.165) is 10.5 Å². The summed E-state index contributed by atoms with van der Waals surface area (Å²) in [6.07, 6.45) is 3.47. The van der Waals surface area contributed by atoms with Crippen molar-refractivity contribution < 1.29 is 14.7 Å². The van der Waals surface area contributed by atoms with Crippen LogP contribution in [0.15, 0.2) is 12.4 Å². The van der Waals surface area contributed by atoms with Crippen molar-refractivity contribution >= 4 is 12.0 Å². The molecule has 0 bridgehead atoms. The number of amides is 2. The fourth-order valence-corrected chi connectivity index (χ4v) is 1.46. The number of aromatic nitrogens is 2. The summed E-state index contributed by atoms with van der Waals surface area (Å²) in [4.78, 5) is 24.8. The van der Waals surface area contributed by atoms with Gasteiger partial charge in [0, 0.05) is 32.9 Å². The molecule has 0 saturated carbocycles. The van der Waals surface area contributed by atoms with Gasteiger partial charge in [0.15, 0.2) is 0 Å². The molecule has 17 heavy (non-hydrogen) atoms. The predicted molar refractivity (Wildman–Crippen MR) is 60.3 cm³/mol. The van der Waals surface area contributed by atoms with E-state index in [9.17, 15) is 9.59 Å². The van der Waals surface area contributed by atoms with E-state index < -0.39 is 5.97 Å². The largest absolute Gasteiger partial charge is 0.480 e. The van der Waals surface area contributed by atoms with Crippen molar-refractivity contribution in [1.29, 1.82) is 0 Å². The maximum atomic E-state index is 11.8. The molecule has 0 aromatic carbocycles. The van der Waals surface area contributed by atoms with E-state index in [0.29, 0.717) is 6.54 Å². The molecule has 0 radical (unpaired) electrons. The number of carbonyl (C=O) groups excluding carboxylic acids is 1. The van der Waals surface area contributed by atoms with E-state index in [2.05, 4.69) is 5.10 Å². The number of urea groups is 1. The smallest absolute Gasteiger partial charge is 0.323 e.